The van der Waals surface area contributed by atoms with Crippen LogP contribution in [0.1, 0.15) is 18.1 Å². The molecule has 0 spiro atoms. The monoisotopic (exact) mass is 332 g/mol. The number of nitrogens with one attached hydrogen (secondary N) is 2. The van der Waals surface area contributed by atoms with Gasteiger partial charge < -0.3 is 15.4 Å². The van der Waals surface area contributed by atoms with E-state index in [1.54, 1.807) is 13.2 Å². The number of aryl methyl sites for hydroxylation is 2. The van der Waals surface area contributed by atoms with E-state index >= 15 is 0 Å². The molecule has 2 aromatic carbocycles. The molecule has 0 aliphatic heterocycles. The number of halogens is 1. The molecule has 0 aliphatic carbocycles. The summed E-state index contributed by atoms with van der Waals surface area (Å²) in [5, 5.41) is 6.60. The van der Waals surface area contributed by atoms with Crippen LogP contribution >= 0.6 is 11.6 Å². The molecule has 0 heterocycles. The second-order valence-electron chi connectivity index (χ2n) is 5.26. The largest absolute Gasteiger partial charge is 0.495 e. The fraction of sp³-hybridized carbons (Fsp3) is 0.278. The maximum absolute atomic E-state index is 12.1. The lowest BCUT2D eigenvalue weighted by atomic mass is 10.1. The van der Waals surface area contributed by atoms with Gasteiger partial charge in [0.25, 0.3) is 0 Å². The van der Waals surface area contributed by atoms with Crippen molar-refractivity contribution < 1.29 is 9.53 Å². The second-order valence-corrected chi connectivity index (χ2v) is 5.66. The number of rotatable bonds is 6. The van der Waals surface area contributed by atoms with Crippen molar-refractivity contribution in [3.63, 3.8) is 0 Å². The molecule has 0 atom stereocenters. The van der Waals surface area contributed by atoms with Gasteiger partial charge in [-0.05, 0) is 42.7 Å². The third kappa shape index (κ3) is 4.63. The Labute approximate surface area is 141 Å². The summed E-state index contributed by atoms with van der Waals surface area (Å²) in [6, 6.07) is 11.4. The van der Waals surface area contributed by atoms with Crippen molar-refractivity contribution in [2.45, 2.75) is 20.3 Å². The molecule has 0 aromatic heterocycles. The zero-order chi connectivity index (χ0) is 16.8. The van der Waals surface area contributed by atoms with Crippen molar-refractivity contribution in [1.82, 2.24) is 0 Å². The SMILES string of the molecule is CCc1cccc(NC(=O)CNc2cc(C)c(Cl)cc2OC)c1. The van der Waals surface area contributed by atoms with Gasteiger partial charge in [0.2, 0.25) is 5.91 Å². The van der Waals surface area contributed by atoms with Crippen molar-refractivity contribution in [2.75, 3.05) is 24.3 Å². The van der Waals surface area contributed by atoms with E-state index in [2.05, 4.69) is 17.6 Å². The predicted octanol–water partition coefficient (Wildman–Crippen LogP) is 4.27. The number of ether oxygens (including phenoxy) is 1. The number of hydrogen-bond donors (Lipinski definition) is 2. The lowest BCUT2D eigenvalue weighted by molar-refractivity contribution is -0.114. The minimum absolute atomic E-state index is 0.118. The third-order valence-corrected chi connectivity index (χ3v) is 3.95. The molecule has 0 saturated heterocycles. The van der Waals surface area contributed by atoms with Crippen LogP contribution in [-0.2, 0) is 11.2 Å². The van der Waals surface area contributed by atoms with E-state index in [0.29, 0.717) is 10.8 Å². The van der Waals surface area contributed by atoms with E-state index in [4.69, 9.17) is 16.3 Å². The molecule has 0 bridgehead atoms. The van der Waals surface area contributed by atoms with Crippen LogP contribution in [0.2, 0.25) is 5.02 Å². The summed E-state index contributed by atoms with van der Waals surface area (Å²) in [4.78, 5) is 12.1. The number of methoxy groups -OCH3 is 1. The van der Waals surface area contributed by atoms with Gasteiger partial charge in [0.1, 0.15) is 5.75 Å². The second kappa shape index (κ2) is 7.88. The van der Waals surface area contributed by atoms with Crippen LogP contribution in [0.5, 0.6) is 5.75 Å². The van der Waals surface area contributed by atoms with Crippen molar-refractivity contribution in [3.05, 3.63) is 52.5 Å². The molecule has 4 nitrogen and oxygen atoms in total. The van der Waals surface area contributed by atoms with Crippen LogP contribution in [0.25, 0.3) is 0 Å². The smallest absolute Gasteiger partial charge is 0.243 e. The van der Waals surface area contributed by atoms with Gasteiger partial charge in [0.05, 0.1) is 19.3 Å². The Balaban J connectivity index is 2.00. The normalized spacial score (nSPS) is 10.3. The third-order valence-electron chi connectivity index (χ3n) is 3.54. The standard InChI is InChI=1S/C18H21ClN2O2/c1-4-13-6-5-7-14(9-13)21-18(22)11-20-16-8-12(2)15(19)10-17(16)23-3/h5-10,20H,4,11H2,1-3H3,(H,21,22). The Morgan fingerprint density at radius 3 is 2.74 bits per heavy atom. The molecule has 0 aliphatic rings. The number of amides is 1. The Morgan fingerprint density at radius 2 is 2.04 bits per heavy atom. The zero-order valence-corrected chi connectivity index (χ0v) is 14.3. The van der Waals surface area contributed by atoms with E-state index in [9.17, 15) is 4.79 Å². The number of carbonyl (C=O) groups excluding carboxylic acids is 1. The van der Waals surface area contributed by atoms with Crippen molar-refractivity contribution in [1.29, 1.82) is 0 Å². The van der Waals surface area contributed by atoms with Crippen molar-refractivity contribution >= 4 is 28.9 Å². The van der Waals surface area contributed by atoms with E-state index in [1.807, 2.05) is 37.3 Å². The van der Waals surface area contributed by atoms with Gasteiger partial charge in [-0.25, -0.2) is 0 Å². The fourth-order valence-corrected chi connectivity index (χ4v) is 2.37. The lowest BCUT2D eigenvalue weighted by Gasteiger charge is -2.13. The van der Waals surface area contributed by atoms with E-state index in [1.165, 1.54) is 5.56 Å². The maximum Gasteiger partial charge on any atom is 0.243 e. The van der Waals surface area contributed by atoms with E-state index in [-0.39, 0.29) is 12.5 Å². The van der Waals surface area contributed by atoms with Crippen molar-refractivity contribution in [3.8, 4) is 5.75 Å². The molecule has 0 fully saturated rings. The van der Waals surface area contributed by atoms with Gasteiger partial charge in [-0.3, -0.25) is 4.79 Å². The highest BCUT2D eigenvalue weighted by atomic mass is 35.5. The first-order chi connectivity index (χ1) is 11.0. The van der Waals surface area contributed by atoms with Crippen LogP contribution in [0.4, 0.5) is 11.4 Å². The van der Waals surface area contributed by atoms with E-state index < -0.39 is 0 Å². The molecule has 5 heteroatoms. The average Bonchev–Trinajstić information content (AvgIpc) is 2.55. The Morgan fingerprint density at radius 1 is 1.26 bits per heavy atom. The molecular formula is C18H21ClN2O2. The summed E-state index contributed by atoms with van der Waals surface area (Å²) >= 11 is 6.08. The van der Waals surface area contributed by atoms with Crippen LogP contribution < -0.4 is 15.4 Å². The van der Waals surface area contributed by atoms with Crippen LogP contribution in [0.3, 0.4) is 0 Å². The minimum atomic E-state index is -0.118. The predicted molar refractivity (Wildman–Crippen MR) is 95.7 cm³/mol. The highest BCUT2D eigenvalue weighted by Crippen LogP contribution is 2.30. The van der Waals surface area contributed by atoms with Gasteiger partial charge >= 0.3 is 0 Å². The highest BCUT2D eigenvalue weighted by molar-refractivity contribution is 6.31. The molecule has 1 amide bonds. The van der Waals surface area contributed by atoms with Gasteiger partial charge in [-0.15, -0.1) is 0 Å². The summed E-state index contributed by atoms with van der Waals surface area (Å²) in [6.07, 6.45) is 0.934. The topological polar surface area (TPSA) is 50.4 Å². The molecular weight excluding hydrogens is 312 g/mol. The number of benzene rings is 2. The molecule has 2 aromatic rings. The molecule has 0 radical (unpaired) electrons. The van der Waals surface area contributed by atoms with Gasteiger partial charge in [0.15, 0.2) is 0 Å². The quantitative estimate of drug-likeness (QED) is 0.830. The summed E-state index contributed by atoms with van der Waals surface area (Å²) in [5.41, 5.74) is 3.65. The first kappa shape index (κ1) is 17.2. The summed E-state index contributed by atoms with van der Waals surface area (Å²) in [7, 11) is 1.57. The van der Waals surface area contributed by atoms with Gasteiger partial charge in [-0.2, -0.15) is 0 Å². The minimum Gasteiger partial charge on any atom is -0.495 e. The summed E-state index contributed by atoms with van der Waals surface area (Å²) in [5.74, 6) is 0.495. The molecule has 2 N–H and O–H groups in total. The lowest BCUT2D eigenvalue weighted by Crippen LogP contribution is -2.22. The van der Waals surface area contributed by atoms with Crippen LogP contribution in [0.15, 0.2) is 36.4 Å². The molecule has 122 valence electrons. The summed E-state index contributed by atoms with van der Waals surface area (Å²) in [6.45, 7) is 4.13. The summed E-state index contributed by atoms with van der Waals surface area (Å²) < 4.78 is 5.28. The fourth-order valence-electron chi connectivity index (χ4n) is 2.22. The zero-order valence-electron chi connectivity index (χ0n) is 13.6. The Kier molecular flexibility index (Phi) is 5.88. The molecule has 23 heavy (non-hydrogen) atoms. The van der Waals surface area contributed by atoms with Gasteiger partial charge in [-0.1, -0.05) is 30.7 Å². The van der Waals surface area contributed by atoms with Crippen LogP contribution in [-0.4, -0.2) is 19.6 Å². The number of carbonyl (C=O) groups is 1. The first-order valence-electron chi connectivity index (χ1n) is 7.50. The molecule has 0 unspecified atom stereocenters. The number of anilines is 2. The first-order valence-corrected chi connectivity index (χ1v) is 7.88. The molecule has 0 saturated carbocycles. The Bertz CT molecular complexity index is 701. The molecule has 2 rings (SSSR count). The average molecular weight is 333 g/mol. The Hall–Kier alpha value is -2.20. The van der Waals surface area contributed by atoms with E-state index in [0.717, 1.165) is 23.4 Å². The van der Waals surface area contributed by atoms with Gasteiger partial charge in [0, 0.05) is 16.8 Å². The van der Waals surface area contributed by atoms with Crippen LogP contribution in [0, 0.1) is 6.92 Å². The van der Waals surface area contributed by atoms with Crippen molar-refractivity contribution in [2.24, 2.45) is 0 Å². The maximum atomic E-state index is 12.1. The number of hydrogen-bond acceptors (Lipinski definition) is 3. The highest BCUT2D eigenvalue weighted by Gasteiger charge is 2.09.